The van der Waals surface area contributed by atoms with Crippen LogP contribution in [0.3, 0.4) is 0 Å². The van der Waals surface area contributed by atoms with Crippen LogP contribution in [0.15, 0.2) is 120 Å². The molecule has 0 radical (unpaired) electrons. The number of hydrogen-bond acceptors (Lipinski definition) is 0. The molecule has 0 bridgehead atoms. The molecular formula is C41H38Cl2F6Zr-2. The molecule has 0 heterocycles. The first-order chi connectivity index (χ1) is 22.5. The Hall–Kier alpha value is -2.86. The Labute approximate surface area is 318 Å². The first kappa shape index (κ1) is 43.3. The van der Waals surface area contributed by atoms with Crippen molar-refractivity contribution >= 4 is 24.8 Å². The van der Waals surface area contributed by atoms with E-state index >= 15 is 0 Å². The van der Waals surface area contributed by atoms with E-state index in [0.29, 0.717) is 14.5 Å². The minimum absolute atomic E-state index is 0. The largest absolute Gasteiger partial charge is 1.00 e. The molecule has 1 aliphatic carbocycles. The van der Waals surface area contributed by atoms with Gasteiger partial charge in [-0.2, -0.15) is 11.6 Å². The summed E-state index contributed by atoms with van der Waals surface area (Å²) in [4.78, 5) is 0. The smallest absolute Gasteiger partial charge is 0.0771 e. The van der Waals surface area contributed by atoms with Crippen molar-refractivity contribution in [2.75, 3.05) is 0 Å². The van der Waals surface area contributed by atoms with Gasteiger partial charge in [0.1, 0.15) is 0 Å². The van der Waals surface area contributed by atoms with Gasteiger partial charge in [0.2, 0.25) is 0 Å². The normalized spacial score (nSPS) is 14.3. The molecular weight excluding hydrogens is 769 g/mol. The van der Waals surface area contributed by atoms with Crippen LogP contribution in [0.2, 0.25) is 0 Å². The van der Waals surface area contributed by atoms with Gasteiger partial charge in [-0.05, 0) is 0 Å². The van der Waals surface area contributed by atoms with Gasteiger partial charge < -0.3 is 24.8 Å². The van der Waals surface area contributed by atoms with Crippen molar-refractivity contribution in [2.45, 2.75) is 59.8 Å². The third-order valence-corrected chi connectivity index (χ3v) is 9.55. The molecule has 0 aliphatic heterocycles. The van der Waals surface area contributed by atoms with Crippen LogP contribution >= 0.6 is 0 Å². The van der Waals surface area contributed by atoms with Crippen molar-refractivity contribution in [3.05, 3.63) is 149 Å². The molecule has 6 rings (SSSR count). The van der Waals surface area contributed by atoms with Crippen LogP contribution in [0.4, 0.5) is 26.3 Å². The van der Waals surface area contributed by atoms with Crippen molar-refractivity contribution in [3.8, 4) is 0 Å². The molecule has 0 saturated carbocycles. The Kier molecular flexibility index (Phi) is 15.6. The molecule has 264 valence electrons. The third-order valence-electron chi connectivity index (χ3n) is 8.13. The molecule has 50 heavy (non-hydrogen) atoms. The van der Waals surface area contributed by atoms with Gasteiger partial charge in [-0.25, -0.2) is 5.57 Å². The molecule has 1 unspecified atom stereocenters. The summed E-state index contributed by atoms with van der Waals surface area (Å²) in [5, 5.41) is 5.39. The van der Waals surface area contributed by atoms with Crippen molar-refractivity contribution in [1.29, 1.82) is 0 Å². The summed E-state index contributed by atoms with van der Waals surface area (Å²) in [6.45, 7) is 11.3. The SMILES string of the molecule is CCC1=[C-]C(CC)C=C1C(C)(C)C.FC(F)(F)c1cccc([C](=[Zr+2])c2cccc(C(F)(F)F)c2)c1.[Cl-].[Cl-].c1ccc2c(c1)[cH-]c1ccccc12. The van der Waals surface area contributed by atoms with E-state index in [2.05, 4.69) is 101 Å². The first-order valence-electron chi connectivity index (χ1n) is 15.8. The Morgan fingerprint density at radius 3 is 1.48 bits per heavy atom. The maximum atomic E-state index is 12.7. The molecule has 0 saturated heterocycles. The maximum absolute atomic E-state index is 12.7. The second-order valence-corrected chi connectivity index (χ2v) is 13.9. The molecule has 0 nitrogen and oxygen atoms in total. The average molecular weight is 807 g/mol. The number of halogens is 8. The Morgan fingerprint density at radius 1 is 0.680 bits per heavy atom. The van der Waals surface area contributed by atoms with Crippen LogP contribution in [-0.4, -0.2) is 3.21 Å². The van der Waals surface area contributed by atoms with Crippen LogP contribution < -0.4 is 24.8 Å². The van der Waals surface area contributed by atoms with Crippen LogP contribution in [-0.2, 0) is 36.6 Å². The molecule has 1 atom stereocenters. The minimum atomic E-state index is -4.49. The van der Waals surface area contributed by atoms with Gasteiger partial charge in [0.05, 0.1) is 0 Å². The Balaban J connectivity index is 0.000000268. The monoisotopic (exact) mass is 804 g/mol. The molecule has 5 aromatic carbocycles. The quantitative estimate of drug-likeness (QED) is 0.140. The van der Waals surface area contributed by atoms with Gasteiger partial charge >= 0.3 is 137 Å². The fraction of sp³-hybridized carbons (Fsp3) is 0.268. The summed E-state index contributed by atoms with van der Waals surface area (Å²) in [6, 6.07) is 28.4. The van der Waals surface area contributed by atoms with E-state index in [1.165, 1.54) is 63.4 Å². The summed E-state index contributed by atoms with van der Waals surface area (Å²) in [5.74, 6) is 0.573. The molecule has 0 amide bonds. The molecule has 1 aliphatic rings. The van der Waals surface area contributed by atoms with Gasteiger partial charge in [-0.15, -0.1) is 39.7 Å². The minimum Gasteiger partial charge on any atom is -1.00 e. The van der Waals surface area contributed by atoms with E-state index in [0.717, 1.165) is 54.9 Å². The molecule has 0 N–H and O–H groups in total. The van der Waals surface area contributed by atoms with E-state index in [9.17, 15) is 26.3 Å². The van der Waals surface area contributed by atoms with Crippen molar-refractivity contribution in [3.63, 3.8) is 0 Å². The zero-order valence-electron chi connectivity index (χ0n) is 28.4. The molecule has 0 aromatic heterocycles. The van der Waals surface area contributed by atoms with E-state index in [1.54, 1.807) is 0 Å². The topological polar surface area (TPSA) is 0 Å². The van der Waals surface area contributed by atoms with Crippen LogP contribution in [0.1, 0.15) is 69.7 Å². The van der Waals surface area contributed by atoms with E-state index in [1.807, 2.05) is 0 Å². The maximum Gasteiger partial charge on any atom is -0.0771 e. The predicted octanol–water partition coefficient (Wildman–Crippen LogP) is 6.70. The molecule has 0 fully saturated rings. The van der Waals surface area contributed by atoms with Crippen molar-refractivity contribution in [1.82, 2.24) is 0 Å². The van der Waals surface area contributed by atoms with E-state index < -0.39 is 23.5 Å². The first-order valence-corrected chi connectivity index (χ1v) is 17.1. The number of benzene rings is 4. The van der Waals surface area contributed by atoms with Gasteiger partial charge in [-0.1, -0.05) is 95.2 Å². The van der Waals surface area contributed by atoms with E-state index in [-0.39, 0.29) is 35.9 Å². The molecule has 5 aromatic rings. The number of fused-ring (bicyclic) bond motifs is 3. The summed E-state index contributed by atoms with van der Waals surface area (Å²) >= 11 is 0.729. The number of hydrogen-bond donors (Lipinski definition) is 0. The summed E-state index contributed by atoms with van der Waals surface area (Å²) in [6.07, 6.45) is -0.691. The zero-order valence-corrected chi connectivity index (χ0v) is 32.4. The molecule has 9 heteroatoms. The van der Waals surface area contributed by atoms with E-state index in [4.69, 9.17) is 0 Å². The fourth-order valence-electron chi connectivity index (χ4n) is 5.63. The number of allylic oxidation sites excluding steroid dienone is 4. The zero-order chi connectivity index (χ0) is 35.3. The number of rotatable bonds is 4. The van der Waals surface area contributed by atoms with Gasteiger partial charge in [0.15, 0.2) is 0 Å². The van der Waals surface area contributed by atoms with Gasteiger partial charge in [0.25, 0.3) is 0 Å². The Morgan fingerprint density at radius 2 is 1.12 bits per heavy atom. The van der Waals surface area contributed by atoms with Crippen LogP contribution in [0.25, 0.3) is 21.5 Å². The molecule has 0 spiro atoms. The average Bonchev–Trinajstić information content (AvgIpc) is 3.66. The summed E-state index contributed by atoms with van der Waals surface area (Å²) in [5.41, 5.74) is 2.15. The van der Waals surface area contributed by atoms with Crippen LogP contribution in [0, 0.1) is 17.4 Å². The predicted molar refractivity (Wildman–Crippen MR) is 182 cm³/mol. The summed E-state index contributed by atoms with van der Waals surface area (Å²) < 4.78 is 76.7. The second kappa shape index (κ2) is 18.1. The fourth-order valence-corrected chi connectivity index (χ4v) is 6.40. The van der Waals surface area contributed by atoms with Crippen molar-refractivity contribution < 1.29 is 75.4 Å². The third kappa shape index (κ3) is 11.1. The Bertz CT molecular complexity index is 1830. The van der Waals surface area contributed by atoms with Gasteiger partial charge in [-0.3, -0.25) is 6.08 Å². The van der Waals surface area contributed by atoms with Crippen LogP contribution in [0.5, 0.6) is 0 Å². The van der Waals surface area contributed by atoms with Crippen molar-refractivity contribution in [2.24, 2.45) is 11.3 Å². The standard InChI is InChI=1S/C15H8F6.C13H9.C13H21.2ClH.Zr/c16-14(17,18)12-5-1-3-10(8-12)7-11-4-2-6-13(9-11)15(19,20)21;1-3-7-12-10(5-1)9-11-6-2-4-8-13(11)12;1-6-10-8-11(7-2)12(9-10)13(3,4)5;;;/h1-6,8-9H;1-9H;9-10H,6-7H2,1-5H3;2*1H;/q;2*-1;;;+2/p-2. The summed E-state index contributed by atoms with van der Waals surface area (Å²) in [7, 11) is 0. The second-order valence-electron chi connectivity index (χ2n) is 12.7. The number of alkyl halides is 6. The van der Waals surface area contributed by atoms with Gasteiger partial charge in [0, 0.05) is 0 Å².